The molecule has 2 rings (SSSR count). The molecule has 4 nitrogen and oxygen atoms in total. The van der Waals surface area contributed by atoms with Crippen molar-refractivity contribution in [3.63, 3.8) is 0 Å². The minimum absolute atomic E-state index is 0.0239. The van der Waals surface area contributed by atoms with Crippen LogP contribution in [-0.2, 0) is 9.57 Å². The van der Waals surface area contributed by atoms with Gasteiger partial charge in [-0.05, 0) is 40.5 Å². The van der Waals surface area contributed by atoms with Crippen molar-refractivity contribution in [1.29, 1.82) is 0 Å². The summed E-state index contributed by atoms with van der Waals surface area (Å²) >= 11 is 0. The molecule has 1 unspecified atom stereocenters. The molecule has 0 amide bonds. The van der Waals surface area contributed by atoms with Gasteiger partial charge in [-0.25, -0.2) is 0 Å². The van der Waals surface area contributed by atoms with E-state index >= 15 is 0 Å². The van der Waals surface area contributed by atoms with Crippen LogP contribution in [0.25, 0.3) is 0 Å². The molecule has 2 aliphatic heterocycles. The molecular weight excluding hydrogens is 312 g/mol. The number of ether oxygens (including phenoxy) is 1. The van der Waals surface area contributed by atoms with Crippen molar-refractivity contribution in [1.82, 2.24) is 10.8 Å². The summed E-state index contributed by atoms with van der Waals surface area (Å²) in [5, 5.41) is 3.69. The summed E-state index contributed by atoms with van der Waals surface area (Å²) in [6, 6.07) is 0. The van der Waals surface area contributed by atoms with E-state index in [-0.39, 0.29) is 17.3 Å². The van der Waals surface area contributed by atoms with E-state index in [0.29, 0.717) is 0 Å². The summed E-state index contributed by atoms with van der Waals surface area (Å²) < 4.78 is 6.36. The molecule has 0 radical (unpaired) electrons. The molecule has 0 aromatic carbocycles. The summed E-state index contributed by atoms with van der Waals surface area (Å²) in [4.78, 5) is 5.99. The second kappa shape index (κ2) is 9.16. The normalized spacial score (nSPS) is 27.0. The van der Waals surface area contributed by atoms with E-state index in [4.69, 9.17) is 9.57 Å². The first-order chi connectivity index (χ1) is 11.8. The number of hydroxylamine groups is 1. The van der Waals surface area contributed by atoms with Gasteiger partial charge in [-0.2, -0.15) is 5.48 Å². The third kappa shape index (κ3) is 7.16. The Kier molecular flexibility index (Phi) is 7.75. The molecule has 148 valence electrons. The molecular formula is C21H42N2O2. The maximum absolute atomic E-state index is 6.36. The molecule has 1 spiro atoms. The first kappa shape index (κ1) is 21.1. The molecule has 2 fully saturated rings. The SMILES string of the molecule is CCCCCCCCCCCC1NOC2(CC(C)(C)NC(C)(C)C2)O1. The van der Waals surface area contributed by atoms with Crippen LogP contribution in [0.2, 0.25) is 0 Å². The van der Waals surface area contributed by atoms with Crippen LogP contribution in [0.3, 0.4) is 0 Å². The van der Waals surface area contributed by atoms with Crippen LogP contribution in [0.1, 0.15) is 112 Å². The zero-order chi connectivity index (χ0) is 18.4. The predicted octanol–water partition coefficient (Wildman–Crippen LogP) is 5.42. The fourth-order valence-corrected chi connectivity index (χ4v) is 4.81. The van der Waals surface area contributed by atoms with Crippen molar-refractivity contribution in [3.05, 3.63) is 0 Å². The van der Waals surface area contributed by atoms with Crippen molar-refractivity contribution in [2.75, 3.05) is 0 Å². The van der Waals surface area contributed by atoms with Gasteiger partial charge in [-0.3, -0.25) is 4.84 Å². The summed E-state index contributed by atoms with van der Waals surface area (Å²) in [5.74, 6) is -0.470. The van der Waals surface area contributed by atoms with E-state index in [1.807, 2.05) is 0 Å². The van der Waals surface area contributed by atoms with Crippen LogP contribution < -0.4 is 10.8 Å². The van der Waals surface area contributed by atoms with Gasteiger partial charge in [-0.1, -0.05) is 58.3 Å². The third-order valence-corrected chi connectivity index (χ3v) is 5.40. The van der Waals surface area contributed by atoms with Crippen LogP contribution in [0.4, 0.5) is 0 Å². The Bertz CT molecular complexity index is 379. The quantitative estimate of drug-likeness (QED) is 0.514. The highest BCUT2D eigenvalue weighted by atomic mass is 16.9. The molecule has 1 atom stereocenters. The van der Waals surface area contributed by atoms with E-state index in [0.717, 1.165) is 19.3 Å². The fraction of sp³-hybridized carbons (Fsp3) is 1.00. The number of piperidine rings is 1. The summed E-state index contributed by atoms with van der Waals surface area (Å²) in [5.41, 5.74) is 3.22. The van der Waals surface area contributed by atoms with Crippen LogP contribution >= 0.6 is 0 Å². The Morgan fingerprint density at radius 3 is 1.88 bits per heavy atom. The average molecular weight is 355 g/mol. The van der Waals surface area contributed by atoms with Gasteiger partial charge >= 0.3 is 0 Å². The van der Waals surface area contributed by atoms with Crippen LogP contribution in [0.5, 0.6) is 0 Å². The lowest BCUT2D eigenvalue weighted by atomic mass is 9.79. The second-order valence-electron chi connectivity index (χ2n) is 9.60. The lowest BCUT2D eigenvalue weighted by molar-refractivity contribution is -0.223. The van der Waals surface area contributed by atoms with E-state index in [1.54, 1.807) is 0 Å². The zero-order valence-corrected chi connectivity index (χ0v) is 17.4. The molecule has 0 aromatic heterocycles. The van der Waals surface area contributed by atoms with Gasteiger partial charge in [0.05, 0.1) is 0 Å². The van der Waals surface area contributed by atoms with Crippen molar-refractivity contribution < 1.29 is 9.57 Å². The van der Waals surface area contributed by atoms with E-state index < -0.39 is 5.79 Å². The number of unbranched alkanes of at least 4 members (excludes halogenated alkanes) is 8. The van der Waals surface area contributed by atoms with Crippen molar-refractivity contribution >= 4 is 0 Å². The Morgan fingerprint density at radius 2 is 1.32 bits per heavy atom. The zero-order valence-electron chi connectivity index (χ0n) is 17.4. The fourth-order valence-electron chi connectivity index (χ4n) is 4.81. The van der Waals surface area contributed by atoms with Crippen molar-refractivity contribution in [2.45, 2.75) is 135 Å². The standard InChI is InChI=1S/C21H42N2O2/c1-6-7-8-9-10-11-12-13-14-15-18-22-25-21(24-18)16-19(2,3)23-20(4,5)17-21/h18,22-23H,6-17H2,1-5H3. The lowest BCUT2D eigenvalue weighted by Gasteiger charge is -2.49. The Balaban J connectivity index is 1.61. The Morgan fingerprint density at radius 1 is 0.800 bits per heavy atom. The molecule has 4 heteroatoms. The van der Waals surface area contributed by atoms with E-state index in [2.05, 4.69) is 45.4 Å². The highest BCUT2D eigenvalue weighted by Crippen LogP contribution is 2.42. The number of rotatable bonds is 10. The third-order valence-electron chi connectivity index (χ3n) is 5.40. The highest BCUT2D eigenvalue weighted by Gasteiger charge is 2.53. The van der Waals surface area contributed by atoms with Gasteiger partial charge < -0.3 is 10.1 Å². The van der Waals surface area contributed by atoms with Crippen molar-refractivity contribution in [3.8, 4) is 0 Å². The smallest absolute Gasteiger partial charge is 0.193 e. The second-order valence-corrected chi connectivity index (χ2v) is 9.60. The molecule has 25 heavy (non-hydrogen) atoms. The molecule has 0 aliphatic carbocycles. The molecule has 2 heterocycles. The first-order valence-corrected chi connectivity index (χ1v) is 10.7. The van der Waals surface area contributed by atoms with Gasteiger partial charge in [0.25, 0.3) is 0 Å². The molecule has 0 saturated carbocycles. The van der Waals surface area contributed by atoms with Gasteiger partial charge in [0.1, 0.15) is 6.23 Å². The minimum atomic E-state index is -0.470. The summed E-state index contributed by atoms with van der Waals surface area (Å²) in [6.45, 7) is 11.2. The average Bonchev–Trinajstić information content (AvgIpc) is 2.83. The first-order valence-electron chi connectivity index (χ1n) is 10.7. The van der Waals surface area contributed by atoms with E-state index in [1.165, 1.54) is 57.8 Å². The minimum Gasteiger partial charge on any atom is -0.328 e. The predicted molar refractivity (Wildman–Crippen MR) is 104 cm³/mol. The monoisotopic (exact) mass is 354 g/mol. The molecule has 0 bridgehead atoms. The van der Waals surface area contributed by atoms with Crippen LogP contribution in [0.15, 0.2) is 0 Å². The molecule has 0 aromatic rings. The maximum atomic E-state index is 6.36. The van der Waals surface area contributed by atoms with Crippen LogP contribution in [-0.4, -0.2) is 23.1 Å². The number of nitrogens with one attached hydrogen (secondary N) is 2. The maximum Gasteiger partial charge on any atom is 0.193 e. The molecule has 2 aliphatic rings. The Labute approximate surface area is 155 Å². The number of hydrogen-bond acceptors (Lipinski definition) is 4. The van der Waals surface area contributed by atoms with E-state index in [9.17, 15) is 0 Å². The van der Waals surface area contributed by atoms with Gasteiger partial charge in [-0.15, -0.1) is 0 Å². The number of hydrogen-bond donors (Lipinski definition) is 2. The Hall–Kier alpha value is -0.160. The molecule has 2 N–H and O–H groups in total. The van der Waals surface area contributed by atoms with Crippen LogP contribution in [0, 0.1) is 0 Å². The van der Waals surface area contributed by atoms with Crippen molar-refractivity contribution in [2.24, 2.45) is 0 Å². The largest absolute Gasteiger partial charge is 0.328 e. The highest BCUT2D eigenvalue weighted by molar-refractivity contribution is 5.02. The van der Waals surface area contributed by atoms with Gasteiger partial charge in [0, 0.05) is 23.9 Å². The van der Waals surface area contributed by atoms with Gasteiger partial charge in [0.15, 0.2) is 5.79 Å². The lowest BCUT2D eigenvalue weighted by Crippen LogP contribution is -2.64. The van der Waals surface area contributed by atoms with Gasteiger partial charge in [0.2, 0.25) is 0 Å². The topological polar surface area (TPSA) is 42.5 Å². The summed E-state index contributed by atoms with van der Waals surface area (Å²) in [6.07, 6.45) is 15.1. The molecule has 2 saturated heterocycles. The summed E-state index contributed by atoms with van der Waals surface area (Å²) in [7, 11) is 0.